The summed E-state index contributed by atoms with van der Waals surface area (Å²) in [7, 11) is 0. The predicted molar refractivity (Wildman–Crippen MR) is 72.3 cm³/mol. The van der Waals surface area contributed by atoms with Gasteiger partial charge in [-0.25, -0.2) is 4.79 Å². The van der Waals surface area contributed by atoms with Gasteiger partial charge in [0.05, 0.1) is 0 Å². The van der Waals surface area contributed by atoms with E-state index in [0.717, 1.165) is 19.3 Å². The molecule has 1 rings (SSSR count). The third-order valence-electron chi connectivity index (χ3n) is 3.25. The average molecular weight is 268 g/mol. The van der Waals surface area contributed by atoms with Gasteiger partial charge in [-0.3, -0.25) is 19.4 Å². The van der Waals surface area contributed by atoms with Crippen molar-refractivity contribution in [1.29, 1.82) is 0 Å². The minimum atomic E-state index is -0.447. The molecule has 4 amide bonds. The molecule has 108 valence electrons. The standard InChI is InChI=1S/C14H24N2O3/c1-10(2)12(17)15-8-6-5-7-9-16(14(15)19)13(18)11(3)4/h10-11H,5-9H2,1-4H3. The van der Waals surface area contributed by atoms with E-state index in [1.54, 1.807) is 27.7 Å². The SMILES string of the molecule is CC(C)C(=O)N1CCCCCN(C(=O)C(C)C)C1=O. The van der Waals surface area contributed by atoms with E-state index < -0.39 is 6.03 Å². The number of hydrogen-bond donors (Lipinski definition) is 0. The molecule has 1 saturated heterocycles. The molecule has 0 aliphatic carbocycles. The van der Waals surface area contributed by atoms with E-state index >= 15 is 0 Å². The van der Waals surface area contributed by atoms with Gasteiger partial charge in [-0.2, -0.15) is 0 Å². The van der Waals surface area contributed by atoms with E-state index in [-0.39, 0.29) is 23.7 Å². The lowest BCUT2D eigenvalue weighted by atomic mass is 10.1. The second-order valence-corrected chi connectivity index (χ2v) is 5.63. The van der Waals surface area contributed by atoms with E-state index in [1.807, 2.05) is 0 Å². The Bertz CT molecular complexity index is 332. The Kier molecular flexibility index (Phi) is 5.51. The highest BCUT2D eigenvalue weighted by molar-refractivity contribution is 6.03. The number of imide groups is 2. The molecule has 1 aliphatic heterocycles. The number of carbonyl (C=O) groups excluding carboxylic acids is 3. The quantitative estimate of drug-likeness (QED) is 0.772. The minimum Gasteiger partial charge on any atom is -0.274 e. The van der Waals surface area contributed by atoms with Gasteiger partial charge in [0, 0.05) is 24.9 Å². The zero-order valence-electron chi connectivity index (χ0n) is 12.3. The van der Waals surface area contributed by atoms with Crippen molar-refractivity contribution >= 4 is 17.8 Å². The van der Waals surface area contributed by atoms with Crippen LogP contribution in [0.5, 0.6) is 0 Å². The van der Waals surface area contributed by atoms with Crippen molar-refractivity contribution in [2.24, 2.45) is 11.8 Å². The summed E-state index contributed by atoms with van der Waals surface area (Å²) < 4.78 is 0. The second kappa shape index (κ2) is 6.68. The summed E-state index contributed by atoms with van der Waals surface area (Å²) in [6.45, 7) is 7.90. The third-order valence-corrected chi connectivity index (χ3v) is 3.25. The molecule has 0 atom stereocenters. The molecule has 5 nitrogen and oxygen atoms in total. The Morgan fingerprint density at radius 1 is 0.842 bits per heavy atom. The predicted octanol–water partition coefficient (Wildman–Crippen LogP) is 2.26. The first-order chi connectivity index (χ1) is 8.86. The molecule has 1 fully saturated rings. The van der Waals surface area contributed by atoms with Crippen LogP contribution in [0.25, 0.3) is 0 Å². The summed E-state index contributed by atoms with van der Waals surface area (Å²) in [5, 5.41) is 0. The Balaban J connectivity index is 2.95. The Morgan fingerprint density at radius 2 is 1.21 bits per heavy atom. The lowest BCUT2D eigenvalue weighted by Gasteiger charge is -2.32. The van der Waals surface area contributed by atoms with Gasteiger partial charge in [0.15, 0.2) is 0 Å². The van der Waals surface area contributed by atoms with Gasteiger partial charge < -0.3 is 0 Å². The third kappa shape index (κ3) is 3.78. The van der Waals surface area contributed by atoms with Crippen LogP contribution in [0.2, 0.25) is 0 Å². The largest absolute Gasteiger partial charge is 0.333 e. The molecule has 1 aliphatic rings. The molecule has 0 radical (unpaired) electrons. The van der Waals surface area contributed by atoms with Crippen LogP contribution in [-0.2, 0) is 9.59 Å². The number of hydrogen-bond acceptors (Lipinski definition) is 3. The molecule has 0 bridgehead atoms. The van der Waals surface area contributed by atoms with Crippen molar-refractivity contribution in [1.82, 2.24) is 9.80 Å². The van der Waals surface area contributed by atoms with Gasteiger partial charge in [0.25, 0.3) is 0 Å². The highest BCUT2D eigenvalue weighted by Gasteiger charge is 2.33. The van der Waals surface area contributed by atoms with E-state index in [0.29, 0.717) is 13.1 Å². The maximum Gasteiger partial charge on any atom is 0.333 e. The van der Waals surface area contributed by atoms with Gasteiger partial charge in [0.1, 0.15) is 0 Å². The van der Waals surface area contributed by atoms with Crippen LogP contribution in [0.1, 0.15) is 47.0 Å². The molecule has 0 spiro atoms. The summed E-state index contributed by atoms with van der Waals surface area (Å²) in [5.41, 5.74) is 0. The molecule has 5 heteroatoms. The number of nitrogens with zero attached hydrogens (tertiary/aromatic N) is 2. The first kappa shape index (κ1) is 15.7. The van der Waals surface area contributed by atoms with Gasteiger partial charge in [-0.05, 0) is 19.3 Å². The number of amides is 4. The van der Waals surface area contributed by atoms with Crippen molar-refractivity contribution < 1.29 is 14.4 Å². The average Bonchev–Trinajstić information content (AvgIpc) is 2.33. The van der Waals surface area contributed by atoms with E-state index in [9.17, 15) is 14.4 Å². The zero-order valence-corrected chi connectivity index (χ0v) is 12.3. The van der Waals surface area contributed by atoms with Crippen molar-refractivity contribution in [2.75, 3.05) is 13.1 Å². The molecule has 0 saturated carbocycles. The molecule has 1 heterocycles. The zero-order chi connectivity index (χ0) is 14.6. The van der Waals surface area contributed by atoms with Crippen LogP contribution in [-0.4, -0.2) is 40.7 Å². The van der Waals surface area contributed by atoms with Crippen molar-refractivity contribution in [2.45, 2.75) is 47.0 Å². The van der Waals surface area contributed by atoms with Crippen LogP contribution in [0.15, 0.2) is 0 Å². The summed E-state index contributed by atoms with van der Waals surface area (Å²) in [6.07, 6.45) is 2.55. The van der Waals surface area contributed by atoms with Gasteiger partial charge in [-0.1, -0.05) is 27.7 Å². The highest BCUT2D eigenvalue weighted by atomic mass is 16.2. The van der Waals surface area contributed by atoms with Gasteiger partial charge in [-0.15, -0.1) is 0 Å². The molecule has 0 aromatic heterocycles. The lowest BCUT2D eigenvalue weighted by molar-refractivity contribution is -0.135. The van der Waals surface area contributed by atoms with Crippen LogP contribution < -0.4 is 0 Å². The van der Waals surface area contributed by atoms with Gasteiger partial charge >= 0.3 is 6.03 Å². The summed E-state index contributed by atoms with van der Waals surface area (Å²) in [5.74, 6) is -0.874. The lowest BCUT2D eigenvalue weighted by Crippen LogP contribution is -2.52. The van der Waals surface area contributed by atoms with E-state index in [4.69, 9.17) is 0 Å². The van der Waals surface area contributed by atoms with Crippen LogP contribution in [0.4, 0.5) is 4.79 Å². The fourth-order valence-electron chi connectivity index (χ4n) is 2.09. The number of urea groups is 1. The molecular formula is C14H24N2O3. The Hall–Kier alpha value is -1.39. The maximum atomic E-state index is 12.4. The van der Waals surface area contributed by atoms with Crippen LogP contribution in [0.3, 0.4) is 0 Å². The first-order valence-electron chi connectivity index (χ1n) is 7.03. The van der Waals surface area contributed by atoms with Gasteiger partial charge in [0.2, 0.25) is 11.8 Å². The summed E-state index contributed by atoms with van der Waals surface area (Å²) >= 11 is 0. The molecule has 0 N–H and O–H groups in total. The number of rotatable bonds is 2. The minimum absolute atomic E-state index is 0.201. The van der Waals surface area contributed by atoms with Crippen molar-refractivity contribution in [3.05, 3.63) is 0 Å². The second-order valence-electron chi connectivity index (χ2n) is 5.63. The van der Waals surface area contributed by atoms with Crippen molar-refractivity contribution in [3.63, 3.8) is 0 Å². The highest BCUT2D eigenvalue weighted by Crippen LogP contribution is 2.15. The Labute approximate surface area is 114 Å². The smallest absolute Gasteiger partial charge is 0.274 e. The topological polar surface area (TPSA) is 57.7 Å². The monoisotopic (exact) mass is 268 g/mol. The molecule has 0 aromatic rings. The molecule has 0 aromatic carbocycles. The first-order valence-corrected chi connectivity index (χ1v) is 7.03. The number of carbonyl (C=O) groups is 3. The van der Waals surface area contributed by atoms with Crippen LogP contribution in [0, 0.1) is 11.8 Å². The van der Waals surface area contributed by atoms with Crippen molar-refractivity contribution in [3.8, 4) is 0 Å². The molecular weight excluding hydrogens is 244 g/mol. The summed E-state index contributed by atoms with van der Waals surface area (Å²) in [6, 6.07) is -0.447. The molecule has 0 unspecified atom stereocenters. The fourth-order valence-corrected chi connectivity index (χ4v) is 2.09. The Morgan fingerprint density at radius 3 is 1.53 bits per heavy atom. The van der Waals surface area contributed by atoms with Crippen LogP contribution >= 0.6 is 0 Å². The van der Waals surface area contributed by atoms with E-state index in [2.05, 4.69) is 0 Å². The van der Waals surface area contributed by atoms with E-state index in [1.165, 1.54) is 9.80 Å². The maximum absolute atomic E-state index is 12.4. The normalized spacial score (nSPS) is 17.7. The summed E-state index contributed by atoms with van der Waals surface area (Å²) in [4.78, 5) is 39.0. The molecule has 19 heavy (non-hydrogen) atoms. The fraction of sp³-hybridized carbons (Fsp3) is 0.786.